The molecule has 0 spiro atoms. The van der Waals surface area contributed by atoms with E-state index in [9.17, 15) is 4.79 Å². The van der Waals surface area contributed by atoms with Crippen LogP contribution in [-0.4, -0.2) is 21.2 Å². The average Bonchev–Trinajstić information content (AvgIpc) is 3.23. The molecular weight excluding hydrogens is 350 g/mol. The standard InChI is InChI=1S/C23H19N3O2/c1-17-5-4-8-21(13-17)23(27)28-25-22(15-26-12-11-24-16-26)20-10-9-18-6-2-3-7-19(18)14-20/h2-14,16H,15H2,1H3/b25-22+. The SMILES string of the molecule is Cc1cccc(C(=O)O/N=C(\Cn2ccnc2)c2ccc3ccccc3c2)c1. The Bertz CT molecular complexity index is 1150. The number of oxime groups is 1. The quantitative estimate of drug-likeness (QED) is 0.293. The molecule has 3 aromatic carbocycles. The summed E-state index contributed by atoms with van der Waals surface area (Å²) in [5.74, 6) is -0.479. The van der Waals surface area contributed by atoms with Crippen LogP contribution >= 0.6 is 0 Å². The van der Waals surface area contributed by atoms with E-state index in [-0.39, 0.29) is 0 Å². The predicted octanol–water partition coefficient (Wildman–Crippen LogP) is 4.61. The summed E-state index contributed by atoms with van der Waals surface area (Å²) in [6.45, 7) is 2.37. The third-order valence-corrected chi connectivity index (χ3v) is 4.47. The fourth-order valence-corrected chi connectivity index (χ4v) is 3.02. The molecule has 1 aromatic heterocycles. The monoisotopic (exact) mass is 369 g/mol. The zero-order chi connectivity index (χ0) is 19.3. The first-order valence-corrected chi connectivity index (χ1v) is 8.99. The van der Waals surface area contributed by atoms with E-state index in [1.54, 1.807) is 24.7 Å². The molecule has 5 heteroatoms. The van der Waals surface area contributed by atoms with Crippen molar-refractivity contribution in [2.24, 2.45) is 5.16 Å². The van der Waals surface area contributed by atoms with Crippen LogP contribution in [-0.2, 0) is 11.4 Å². The van der Waals surface area contributed by atoms with E-state index in [0.717, 1.165) is 21.9 Å². The van der Waals surface area contributed by atoms with Gasteiger partial charge < -0.3 is 9.40 Å². The number of aryl methyl sites for hydroxylation is 1. The maximum Gasteiger partial charge on any atom is 0.365 e. The smallest absolute Gasteiger partial charge is 0.331 e. The number of hydrogen-bond acceptors (Lipinski definition) is 4. The minimum Gasteiger partial charge on any atom is -0.331 e. The summed E-state index contributed by atoms with van der Waals surface area (Å²) in [6.07, 6.45) is 5.26. The molecule has 138 valence electrons. The van der Waals surface area contributed by atoms with Crippen LogP contribution in [0.2, 0.25) is 0 Å². The maximum absolute atomic E-state index is 12.4. The normalized spacial score (nSPS) is 11.5. The van der Waals surface area contributed by atoms with Crippen molar-refractivity contribution in [2.75, 3.05) is 0 Å². The second kappa shape index (κ2) is 7.88. The Morgan fingerprint density at radius 2 is 1.86 bits per heavy atom. The molecule has 5 nitrogen and oxygen atoms in total. The Kier molecular flexibility index (Phi) is 4.97. The number of carbonyl (C=O) groups excluding carboxylic acids is 1. The lowest BCUT2D eigenvalue weighted by Gasteiger charge is -2.09. The molecule has 1 heterocycles. The molecule has 0 saturated heterocycles. The van der Waals surface area contributed by atoms with Gasteiger partial charge in [-0.05, 0) is 35.9 Å². The van der Waals surface area contributed by atoms with Crippen LogP contribution in [0.25, 0.3) is 10.8 Å². The Morgan fingerprint density at radius 3 is 2.64 bits per heavy atom. The number of benzene rings is 3. The summed E-state index contributed by atoms with van der Waals surface area (Å²) in [7, 11) is 0. The van der Waals surface area contributed by atoms with Crippen LogP contribution in [0.1, 0.15) is 21.5 Å². The van der Waals surface area contributed by atoms with Crippen molar-refractivity contribution in [3.63, 3.8) is 0 Å². The van der Waals surface area contributed by atoms with Crippen LogP contribution in [0.3, 0.4) is 0 Å². The van der Waals surface area contributed by atoms with Gasteiger partial charge in [0.1, 0.15) is 5.71 Å². The van der Waals surface area contributed by atoms with Gasteiger partial charge in [0, 0.05) is 18.0 Å². The number of aromatic nitrogens is 2. The lowest BCUT2D eigenvalue weighted by atomic mass is 10.0. The zero-order valence-electron chi connectivity index (χ0n) is 15.4. The first-order chi connectivity index (χ1) is 13.7. The molecule has 28 heavy (non-hydrogen) atoms. The Labute approximate surface area is 162 Å². The Hall–Kier alpha value is -3.73. The van der Waals surface area contributed by atoms with E-state index in [1.165, 1.54) is 0 Å². The molecule has 0 amide bonds. The van der Waals surface area contributed by atoms with E-state index in [2.05, 4.69) is 16.2 Å². The van der Waals surface area contributed by atoms with Gasteiger partial charge in [0.05, 0.1) is 18.4 Å². The fraction of sp³-hybridized carbons (Fsp3) is 0.0870. The Morgan fingerprint density at radius 1 is 1.00 bits per heavy atom. The molecule has 0 N–H and O–H groups in total. The molecule has 0 bridgehead atoms. The van der Waals surface area contributed by atoms with Gasteiger partial charge >= 0.3 is 5.97 Å². The van der Waals surface area contributed by atoms with E-state index >= 15 is 0 Å². The van der Waals surface area contributed by atoms with Gasteiger partial charge in [-0.3, -0.25) is 0 Å². The molecule has 0 aliphatic carbocycles. The van der Waals surface area contributed by atoms with Gasteiger partial charge in [-0.25, -0.2) is 9.78 Å². The van der Waals surface area contributed by atoms with Gasteiger partial charge in [-0.1, -0.05) is 59.3 Å². The van der Waals surface area contributed by atoms with Gasteiger partial charge in [0.15, 0.2) is 0 Å². The summed E-state index contributed by atoms with van der Waals surface area (Å²) in [6, 6.07) is 21.4. The number of carbonyl (C=O) groups is 1. The molecule has 0 atom stereocenters. The van der Waals surface area contributed by atoms with Gasteiger partial charge in [0.25, 0.3) is 0 Å². The lowest BCUT2D eigenvalue weighted by molar-refractivity contribution is 0.0515. The first-order valence-electron chi connectivity index (χ1n) is 8.99. The number of hydrogen-bond donors (Lipinski definition) is 0. The molecule has 0 aliphatic rings. The highest BCUT2D eigenvalue weighted by Crippen LogP contribution is 2.17. The minimum absolute atomic E-state index is 0.444. The van der Waals surface area contributed by atoms with Crippen LogP contribution < -0.4 is 0 Å². The fourth-order valence-electron chi connectivity index (χ4n) is 3.02. The van der Waals surface area contributed by atoms with Crippen LogP contribution in [0.5, 0.6) is 0 Å². The number of imidazole rings is 1. The van der Waals surface area contributed by atoms with Gasteiger partial charge in [-0.2, -0.15) is 0 Å². The molecular formula is C23H19N3O2. The highest BCUT2D eigenvalue weighted by molar-refractivity contribution is 6.03. The second-order valence-electron chi connectivity index (χ2n) is 6.58. The summed E-state index contributed by atoms with van der Waals surface area (Å²) in [5.41, 5.74) is 3.00. The van der Waals surface area contributed by atoms with Crippen molar-refractivity contribution in [2.45, 2.75) is 13.5 Å². The van der Waals surface area contributed by atoms with E-state index in [0.29, 0.717) is 17.8 Å². The topological polar surface area (TPSA) is 56.5 Å². The maximum atomic E-state index is 12.4. The van der Waals surface area contributed by atoms with Gasteiger partial charge in [-0.15, -0.1) is 0 Å². The number of nitrogens with zero attached hydrogens (tertiary/aromatic N) is 3. The average molecular weight is 369 g/mol. The first kappa shape index (κ1) is 17.7. The third-order valence-electron chi connectivity index (χ3n) is 4.47. The van der Waals surface area contributed by atoms with Crippen molar-refractivity contribution >= 4 is 22.5 Å². The lowest BCUT2D eigenvalue weighted by Crippen LogP contribution is -2.13. The predicted molar refractivity (Wildman–Crippen MR) is 109 cm³/mol. The van der Waals surface area contributed by atoms with Crippen LogP contribution in [0.15, 0.2) is 90.6 Å². The summed E-state index contributed by atoms with van der Waals surface area (Å²) in [4.78, 5) is 21.7. The van der Waals surface area contributed by atoms with Crippen molar-refractivity contribution in [3.05, 3.63) is 102 Å². The van der Waals surface area contributed by atoms with Crippen molar-refractivity contribution < 1.29 is 9.63 Å². The highest BCUT2D eigenvalue weighted by Gasteiger charge is 2.11. The Balaban J connectivity index is 1.66. The molecule has 0 saturated carbocycles. The van der Waals surface area contributed by atoms with E-state index in [1.807, 2.05) is 66.2 Å². The molecule has 0 fully saturated rings. The summed E-state index contributed by atoms with van der Waals surface area (Å²) < 4.78 is 1.88. The van der Waals surface area contributed by atoms with E-state index in [4.69, 9.17) is 4.84 Å². The molecule has 0 aliphatic heterocycles. The van der Waals surface area contributed by atoms with Crippen molar-refractivity contribution in [1.82, 2.24) is 9.55 Å². The second-order valence-corrected chi connectivity index (χ2v) is 6.58. The molecule has 0 radical (unpaired) electrons. The number of rotatable bonds is 5. The largest absolute Gasteiger partial charge is 0.365 e. The molecule has 4 aromatic rings. The van der Waals surface area contributed by atoms with Crippen molar-refractivity contribution in [1.29, 1.82) is 0 Å². The van der Waals surface area contributed by atoms with Crippen molar-refractivity contribution in [3.8, 4) is 0 Å². The third kappa shape index (κ3) is 3.99. The van der Waals surface area contributed by atoms with Crippen LogP contribution in [0, 0.1) is 6.92 Å². The summed E-state index contributed by atoms with van der Waals surface area (Å²) >= 11 is 0. The minimum atomic E-state index is -0.479. The molecule has 0 unspecified atom stereocenters. The highest BCUT2D eigenvalue weighted by atomic mass is 16.7. The van der Waals surface area contributed by atoms with Crippen LogP contribution in [0.4, 0.5) is 0 Å². The van der Waals surface area contributed by atoms with E-state index < -0.39 is 5.97 Å². The summed E-state index contributed by atoms with van der Waals surface area (Å²) in [5, 5.41) is 6.44. The molecule has 4 rings (SSSR count). The number of fused-ring (bicyclic) bond motifs is 1. The van der Waals surface area contributed by atoms with Gasteiger partial charge in [0.2, 0.25) is 0 Å². The zero-order valence-corrected chi connectivity index (χ0v) is 15.4.